The molecule has 1 aliphatic carbocycles. The Balaban J connectivity index is 2.40. The lowest BCUT2D eigenvalue weighted by molar-refractivity contribution is -0.143. The molecular formula is C17H26F3N5O. The van der Waals surface area contributed by atoms with E-state index >= 15 is 0 Å². The number of likely N-dealkylation sites (N-methyl/N-ethyl adjacent to an activating group) is 2. The number of halogens is 3. The fourth-order valence-electron chi connectivity index (χ4n) is 2.98. The van der Waals surface area contributed by atoms with Crippen molar-refractivity contribution < 1.29 is 17.9 Å². The molecule has 1 saturated carbocycles. The number of aromatic nitrogens is 1. The number of nitrogens with one attached hydrogen (secondary N) is 1. The summed E-state index contributed by atoms with van der Waals surface area (Å²) in [6.07, 6.45) is -0.326. The summed E-state index contributed by atoms with van der Waals surface area (Å²) in [5.41, 5.74) is 5.49. The lowest BCUT2D eigenvalue weighted by atomic mass is 9.98. The van der Waals surface area contributed by atoms with E-state index in [1.54, 1.807) is 14.1 Å². The van der Waals surface area contributed by atoms with Crippen LogP contribution in [0.2, 0.25) is 0 Å². The second kappa shape index (κ2) is 8.59. The first-order valence-corrected chi connectivity index (χ1v) is 8.61. The molecule has 5 N–H and O–H groups in total. The number of nitrogens with two attached hydrogens (primary N) is 2. The third-order valence-electron chi connectivity index (χ3n) is 4.33. The normalized spacial score (nSPS) is 17.0. The Hall–Kier alpha value is -2.00. The van der Waals surface area contributed by atoms with E-state index < -0.39 is 11.9 Å². The predicted octanol–water partition coefficient (Wildman–Crippen LogP) is 2.46. The van der Waals surface area contributed by atoms with E-state index in [4.69, 9.17) is 16.3 Å². The summed E-state index contributed by atoms with van der Waals surface area (Å²) in [5, 5.41) is 4.13. The Labute approximate surface area is 151 Å². The molecule has 9 heteroatoms. The first-order chi connectivity index (χ1) is 12.2. The molecule has 0 unspecified atom stereocenters. The molecule has 0 spiro atoms. The number of ether oxygens (including phenoxy) is 1. The van der Waals surface area contributed by atoms with Gasteiger partial charge < -0.3 is 20.8 Å². The molecular weight excluding hydrogens is 347 g/mol. The number of hydrogen-bond acceptors (Lipinski definition) is 6. The first-order valence-electron chi connectivity index (χ1n) is 8.61. The van der Waals surface area contributed by atoms with E-state index in [1.807, 2.05) is 0 Å². The van der Waals surface area contributed by atoms with Gasteiger partial charge in [-0.1, -0.05) is 6.42 Å². The zero-order chi connectivity index (χ0) is 19.3. The molecule has 0 aliphatic heterocycles. The van der Waals surface area contributed by atoms with Crippen molar-refractivity contribution >= 4 is 5.70 Å². The molecule has 0 amide bonds. The lowest BCUT2D eigenvalue weighted by Crippen LogP contribution is -2.33. The number of alkyl halides is 3. The van der Waals surface area contributed by atoms with Crippen LogP contribution in [0.15, 0.2) is 17.8 Å². The van der Waals surface area contributed by atoms with E-state index in [9.17, 15) is 13.2 Å². The quantitative estimate of drug-likeness (QED) is 0.524. The minimum Gasteiger partial charge on any atom is -0.488 e. The minimum atomic E-state index is -4.64. The standard InChI is InChI=1S/C17H26F3N5O/c1-23-10-13(25(2)22)15(21)12-8-9-14(16(24-12)17(18,19)20)26-11-6-4-3-5-7-11/h8-9,11,23H,3-7,10,21-22H2,1-2H3/b15-13-. The molecule has 1 aliphatic rings. The summed E-state index contributed by atoms with van der Waals surface area (Å²) in [6, 6.07) is 2.72. The lowest BCUT2D eigenvalue weighted by Gasteiger charge is -2.25. The molecule has 1 heterocycles. The molecule has 146 valence electrons. The van der Waals surface area contributed by atoms with Gasteiger partial charge >= 0.3 is 6.18 Å². The van der Waals surface area contributed by atoms with Crippen molar-refractivity contribution in [3.63, 3.8) is 0 Å². The summed E-state index contributed by atoms with van der Waals surface area (Å²) in [5.74, 6) is 5.47. The zero-order valence-electron chi connectivity index (χ0n) is 15.1. The van der Waals surface area contributed by atoms with Gasteiger partial charge in [0.1, 0.15) is 0 Å². The Morgan fingerprint density at radius 3 is 2.50 bits per heavy atom. The maximum absolute atomic E-state index is 13.5. The van der Waals surface area contributed by atoms with Crippen molar-refractivity contribution in [1.82, 2.24) is 15.3 Å². The van der Waals surface area contributed by atoms with Gasteiger partial charge in [0, 0.05) is 13.6 Å². The Bertz CT molecular complexity index is 640. The molecule has 1 aromatic rings. The van der Waals surface area contributed by atoms with Gasteiger partial charge in [-0.2, -0.15) is 13.2 Å². The molecule has 1 fully saturated rings. The van der Waals surface area contributed by atoms with Crippen LogP contribution in [0.1, 0.15) is 43.5 Å². The fraction of sp³-hybridized carbons (Fsp3) is 0.588. The highest BCUT2D eigenvalue weighted by molar-refractivity contribution is 5.63. The molecule has 6 nitrogen and oxygen atoms in total. The summed E-state index contributed by atoms with van der Waals surface area (Å²) < 4.78 is 46.1. The van der Waals surface area contributed by atoms with Gasteiger partial charge in [-0.05, 0) is 44.9 Å². The molecule has 1 aromatic heterocycles. The SMILES string of the molecule is CNC/C(=C(/N)c1ccc(OC2CCCCC2)c(C(F)(F)F)n1)N(C)N. The van der Waals surface area contributed by atoms with Crippen LogP contribution >= 0.6 is 0 Å². The Morgan fingerprint density at radius 1 is 1.31 bits per heavy atom. The van der Waals surface area contributed by atoms with Crippen molar-refractivity contribution in [3.05, 3.63) is 29.2 Å². The number of nitrogens with zero attached hydrogens (tertiary/aromatic N) is 2. The van der Waals surface area contributed by atoms with Crippen LogP contribution in [0.5, 0.6) is 5.75 Å². The van der Waals surface area contributed by atoms with Gasteiger partial charge in [-0.3, -0.25) is 0 Å². The van der Waals surface area contributed by atoms with Crippen molar-refractivity contribution in [3.8, 4) is 5.75 Å². The monoisotopic (exact) mass is 373 g/mol. The average Bonchev–Trinajstić information content (AvgIpc) is 2.59. The van der Waals surface area contributed by atoms with Gasteiger partial charge in [0.05, 0.1) is 23.2 Å². The van der Waals surface area contributed by atoms with Crippen molar-refractivity contribution in [2.45, 2.75) is 44.4 Å². The van der Waals surface area contributed by atoms with E-state index in [1.165, 1.54) is 17.1 Å². The second-order valence-corrected chi connectivity index (χ2v) is 6.42. The number of pyridine rings is 1. The number of rotatable bonds is 6. The summed E-state index contributed by atoms with van der Waals surface area (Å²) >= 11 is 0. The maximum atomic E-state index is 13.5. The average molecular weight is 373 g/mol. The van der Waals surface area contributed by atoms with Crippen LogP contribution in [0.25, 0.3) is 5.70 Å². The largest absolute Gasteiger partial charge is 0.488 e. The van der Waals surface area contributed by atoms with Gasteiger partial charge in [0.25, 0.3) is 0 Å². The van der Waals surface area contributed by atoms with Crippen LogP contribution in [0, 0.1) is 0 Å². The minimum absolute atomic E-state index is 0.0101. The maximum Gasteiger partial charge on any atom is 0.437 e. The summed E-state index contributed by atoms with van der Waals surface area (Å²) in [4.78, 5) is 3.75. The highest BCUT2D eigenvalue weighted by Crippen LogP contribution is 2.37. The Kier molecular flexibility index (Phi) is 6.71. The van der Waals surface area contributed by atoms with E-state index in [2.05, 4.69) is 10.3 Å². The highest BCUT2D eigenvalue weighted by Gasteiger charge is 2.37. The van der Waals surface area contributed by atoms with Crippen molar-refractivity contribution in [1.29, 1.82) is 0 Å². The van der Waals surface area contributed by atoms with Gasteiger partial charge in [0.2, 0.25) is 0 Å². The molecule has 0 atom stereocenters. The first kappa shape index (κ1) is 20.3. The molecule has 0 aromatic carbocycles. The van der Waals surface area contributed by atoms with Crippen LogP contribution in [-0.2, 0) is 6.18 Å². The number of hydrazine groups is 1. The number of hydrogen-bond donors (Lipinski definition) is 3. The third-order valence-corrected chi connectivity index (χ3v) is 4.33. The van der Waals surface area contributed by atoms with Crippen LogP contribution in [-0.4, -0.2) is 36.7 Å². The topological polar surface area (TPSA) is 89.4 Å². The van der Waals surface area contributed by atoms with Gasteiger partial charge in [0.15, 0.2) is 11.4 Å². The van der Waals surface area contributed by atoms with E-state index in [0.717, 1.165) is 32.1 Å². The van der Waals surface area contributed by atoms with Crippen molar-refractivity contribution in [2.24, 2.45) is 11.6 Å². The van der Waals surface area contributed by atoms with Crippen LogP contribution in [0.3, 0.4) is 0 Å². The molecule has 0 bridgehead atoms. The second-order valence-electron chi connectivity index (χ2n) is 6.42. The van der Waals surface area contributed by atoms with E-state index in [-0.39, 0.29) is 23.2 Å². The highest BCUT2D eigenvalue weighted by atomic mass is 19.4. The molecule has 26 heavy (non-hydrogen) atoms. The van der Waals surface area contributed by atoms with Crippen molar-refractivity contribution in [2.75, 3.05) is 20.6 Å². The summed E-state index contributed by atoms with van der Waals surface area (Å²) in [7, 11) is 3.25. The van der Waals surface area contributed by atoms with E-state index in [0.29, 0.717) is 12.2 Å². The molecule has 0 saturated heterocycles. The zero-order valence-corrected chi connectivity index (χ0v) is 15.1. The molecule has 0 radical (unpaired) electrons. The van der Waals surface area contributed by atoms with Crippen LogP contribution in [0.4, 0.5) is 13.2 Å². The van der Waals surface area contributed by atoms with Crippen LogP contribution < -0.4 is 21.6 Å². The summed E-state index contributed by atoms with van der Waals surface area (Å²) in [6.45, 7) is 0.294. The fourth-order valence-corrected chi connectivity index (χ4v) is 2.98. The Morgan fingerprint density at radius 2 is 1.96 bits per heavy atom. The third kappa shape index (κ3) is 5.01. The smallest absolute Gasteiger partial charge is 0.437 e. The van der Waals surface area contributed by atoms with Gasteiger partial charge in [-0.15, -0.1) is 0 Å². The predicted molar refractivity (Wildman–Crippen MR) is 93.7 cm³/mol. The van der Waals surface area contributed by atoms with Gasteiger partial charge in [-0.25, -0.2) is 10.8 Å². The molecule has 2 rings (SSSR count).